The number of ether oxygens (including phenoxy) is 2. The summed E-state index contributed by atoms with van der Waals surface area (Å²) in [5, 5.41) is 6.30. The summed E-state index contributed by atoms with van der Waals surface area (Å²) in [6.45, 7) is 7.86. The van der Waals surface area contributed by atoms with E-state index in [-0.39, 0.29) is 5.37 Å². The highest BCUT2D eigenvalue weighted by atomic mass is 32.2. The molecule has 0 radical (unpaired) electrons. The van der Waals surface area contributed by atoms with E-state index in [4.69, 9.17) is 9.47 Å². The van der Waals surface area contributed by atoms with Gasteiger partial charge < -0.3 is 25.0 Å². The average Bonchev–Trinajstić information content (AvgIpc) is 3.41. The molecule has 1 amide bonds. The van der Waals surface area contributed by atoms with Crippen LogP contribution in [-0.2, 0) is 4.74 Å². The molecule has 1 unspecified atom stereocenters. The lowest BCUT2D eigenvalue weighted by Gasteiger charge is -2.19. The van der Waals surface area contributed by atoms with Crippen molar-refractivity contribution in [3.8, 4) is 5.75 Å². The minimum absolute atomic E-state index is 0.145. The van der Waals surface area contributed by atoms with Crippen molar-refractivity contribution in [2.75, 3.05) is 26.7 Å². The summed E-state index contributed by atoms with van der Waals surface area (Å²) in [4.78, 5) is 15.3. The van der Waals surface area contributed by atoms with E-state index in [0.717, 1.165) is 36.3 Å². The van der Waals surface area contributed by atoms with Crippen molar-refractivity contribution in [1.82, 2.24) is 15.5 Å². The molecule has 1 heterocycles. The Kier molecular flexibility index (Phi) is 7.35. The molecule has 0 saturated heterocycles. The van der Waals surface area contributed by atoms with Crippen molar-refractivity contribution in [2.24, 2.45) is 0 Å². The standard InChI is InChI=1S/C22H33N3O3S/c1-22(2,3)28-21(26)24-15-19-14-23-20(29-19)16-6-10-18(11-7-16)27-13-5-12-25(4)17-8-9-17/h6-7,10-11,14,17,20,23H,5,8-9,12-13,15H2,1-4H3,(H,24,26). The molecule has 2 aliphatic rings. The lowest BCUT2D eigenvalue weighted by atomic mass is 10.2. The van der Waals surface area contributed by atoms with Gasteiger partial charge in [-0.1, -0.05) is 23.9 Å². The van der Waals surface area contributed by atoms with Gasteiger partial charge in [0, 0.05) is 23.7 Å². The van der Waals surface area contributed by atoms with Crippen LogP contribution in [0.15, 0.2) is 35.4 Å². The van der Waals surface area contributed by atoms with E-state index in [0.29, 0.717) is 6.54 Å². The van der Waals surface area contributed by atoms with E-state index in [1.54, 1.807) is 11.8 Å². The first-order chi connectivity index (χ1) is 13.8. The Bertz CT molecular complexity index is 711. The highest BCUT2D eigenvalue weighted by molar-refractivity contribution is 8.03. The lowest BCUT2D eigenvalue weighted by Crippen LogP contribution is -2.33. The van der Waals surface area contributed by atoms with Crippen LogP contribution in [0, 0.1) is 0 Å². The number of nitrogens with one attached hydrogen (secondary N) is 2. The van der Waals surface area contributed by atoms with Gasteiger partial charge >= 0.3 is 6.09 Å². The number of alkyl carbamates (subject to hydrolysis) is 1. The second-order valence-corrected chi connectivity index (χ2v) is 9.84. The van der Waals surface area contributed by atoms with Crippen LogP contribution in [0.4, 0.5) is 4.79 Å². The number of nitrogens with zero attached hydrogens (tertiary/aromatic N) is 1. The van der Waals surface area contributed by atoms with E-state index in [2.05, 4.69) is 34.7 Å². The molecule has 7 heteroatoms. The van der Waals surface area contributed by atoms with Gasteiger partial charge in [-0.2, -0.15) is 0 Å². The summed E-state index contributed by atoms with van der Waals surface area (Å²) in [6, 6.07) is 9.05. The molecule has 1 aliphatic carbocycles. The van der Waals surface area contributed by atoms with E-state index in [1.807, 2.05) is 39.1 Å². The molecule has 0 spiro atoms. The van der Waals surface area contributed by atoms with Gasteiger partial charge in [0.25, 0.3) is 0 Å². The summed E-state index contributed by atoms with van der Waals surface area (Å²) >= 11 is 1.70. The SMILES string of the molecule is CN(CCCOc1ccc(C2NC=C(CNC(=O)OC(C)(C)C)S2)cc1)C1CC1. The number of carbonyl (C=O) groups is 1. The van der Waals surface area contributed by atoms with Gasteiger partial charge in [-0.05, 0) is 64.8 Å². The first-order valence-electron chi connectivity index (χ1n) is 10.3. The van der Waals surface area contributed by atoms with Gasteiger partial charge in [-0.25, -0.2) is 4.79 Å². The van der Waals surface area contributed by atoms with Crippen molar-refractivity contribution in [3.05, 3.63) is 40.9 Å². The van der Waals surface area contributed by atoms with Crippen LogP contribution in [-0.4, -0.2) is 49.4 Å². The maximum absolute atomic E-state index is 11.8. The minimum atomic E-state index is -0.487. The molecule has 29 heavy (non-hydrogen) atoms. The molecular weight excluding hydrogens is 386 g/mol. The third-order valence-electron chi connectivity index (χ3n) is 4.75. The zero-order valence-electron chi connectivity index (χ0n) is 17.9. The quantitative estimate of drug-likeness (QED) is 0.584. The predicted molar refractivity (Wildman–Crippen MR) is 118 cm³/mol. The third kappa shape index (κ3) is 7.48. The van der Waals surface area contributed by atoms with Crippen LogP contribution in [0.3, 0.4) is 0 Å². The summed E-state index contributed by atoms with van der Waals surface area (Å²) < 4.78 is 11.1. The Balaban J connectivity index is 1.35. The van der Waals surface area contributed by atoms with Crippen molar-refractivity contribution in [1.29, 1.82) is 0 Å². The summed E-state index contributed by atoms with van der Waals surface area (Å²) in [7, 11) is 2.20. The monoisotopic (exact) mass is 419 g/mol. The van der Waals surface area contributed by atoms with E-state index in [9.17, 15) is 4.79 Å². The van der Waals surface area contributed by atoms with Crippen LogP contribution >= 0.6 is 11.8 Å². The molecule has 1 aromatic carbocycles. The highest BCUT2D eigenvalue weighted by Crippen LogP contribution is 2.37. The number of amides is 1. The van der Waals surface area contributed by atoms with Gasteiger partial charge in [0.05, 0.1) is 13.2 Å². The average molecular weight is 420 g/mol. The van der Waals surface area contributed by atoms with Gasteiger partial charge in [-0.15, -0.1) is 0 Å². The Labute approximate surface area is 178 Å². The van der Waals surface area contributed by atoms with Crippen molar-refractivity contribution >= 4 is 17.9 Å². The molecule has 0 aromatic heterocycles. The summed E-state index contributed by atoms with van der Waals surface area (Å²) in [5.74, 6) is 0.908. The lowest BCUT2D eigenvalue weighted by molar-refractivity contribution is 0.0533. The first-order valence-corrected chi connectivity index (χ1v) is 11.2. The predicted octanol–water partition coefficient (Wildman–Crippen LogP) is 4.25. The topological polar surface area (TPSA) is 62.8 Å². The van der Waals surface area contributed by atoms with Gasteiger partial charge in [0.2, 0.25) is 0 Å². The molecule has 2 N–H and O–H groups in total. The number of carbonyl (C=O) groups excluding carboxylic acids is 1. The fraction of sp³-hybridized carbons (Fsp3) is 0.591. The number of rotatable bonds is 9. The van der Waals surface area contributed by atoms with E-state index < -0.39 is 11.7 Å². The molecule has 1 fully saturated rings. The first kappa shape index (κ1) is 21.8. The summed E-state index contributed by atoms with van der Waals surface area (Å²) in [6.07, 6.45) is 5.30. The van der Waals surface area contributed by atoms with E-state index >= 15 is 0 Å². The fourth-order valence-electron chi connectivity index (χ4n) is 3.06. The van der Waals surface area contributed by atoms with Crippen LogP contribution in [0.2, 0.25) is 0 Å². The Morgan fingerprint density at radius 1 is 1.28 bits per heavy atom. The normalized spacial score (nSPS) is 18.9. The largest absolute Gasteiger partial charge is 0.494 e. The number of hydrogen-bond acceptors (Lipinski definition) is 6. The second-order valence-electron chi connectivity index (χ2n) is 8.61. The zero-order chi connectivity index (χ0) is 20.9. The second kappa shape index (κ2) is 9.76. The van der Waals surface area contributed by atoms with Crippen LogP contribution in [0.5, 0.6) is 5.75 Å². The summed E-state index contributed by atoms with van der Waals surface area (Å²) in [5.41, 5.74) is 0.693. The van der Waals surface area contributed by atoms with Crippen LogP contribution in [0.25, 0.3) is 0 Å². The smallest absolute Gasteiger partial charge is 0.407 e. The third-order valence-corrected chi connectivity index (χ3v) is 5.96. The van der Waals surface area contributed by atoms with Crippen molar-refractivity contribution < 1.29 is 14.3 Å². The maximum Gasteiger partial charge on any atom is 0.407 e. The Hall–Kier alpha value is -1.86. The number of hydrogen-bond donors (Lipinski definition) is 2. The van der Waals surface area contributed by atoms with Gasteiger partial charge in [0.1, 0.15) is 16.7 Å². The maximum atomic E-state index is 11.8. The van der Waals surface area contributed by atoms with Gasteiger partial charge in [-0.3, -0.25) is 0 Å². The molecule has 1 saturated carbocycles. The Morgan fingerprint density at radius 3 is 2.66 bits per heavy atom. The molecule has 1 atom stereocenters. The molecule has 1 aliphatic heterocycles. The number of benzene rings is 1. The van der Waals surface area contributed by atoms with Gasteiger partial charge in [0.15, 0.2) is 0 Å². The zero-order valence-corrected chi connectivity index (χ0v) is 18.7. The van der Waals surface area contributed by atoms with Crippen molar-refractivity contribution in [2.45, 2.75) is 57.1 Å². The molecule has 160 valence electrons. The van der Waals surface area contributed by atoms with Crippen LogP contribution < -0.4 is 15.4 Å². The molecular formula is C22H33N3O3S. The molecule has 1 aromatic rings. The van der Waals surface area contributed by atoms with Crippen LogP contribution in [0.1, 0.15) is 51.0 Å². The van der Waals surface area contributed by atoms with Crippen molar-refractivity contribution in [3.63, 3.8) is 0 Å². The molecule has 0 bridgehead atoms. The number of thioether (sulfide) groups is 1. The Morgan fingerprint density at radius 2 is 2.00 bits per heavy atom. The molecule has 6 nitrogen and oxygen atoms in total. The van der Waals surface area contributed by atoms with E-state index in [1.165, 1.54) is 18.4 Å². The highest BCUT2D eigenvalue weighted by Gasteiger charge is 2.25. The molecule has 3 rings (SSSR count). The fourth-order valence-corrected chi connectivity index (χ4v) is 4.08. The minimum Gasteiger partial charge on any atom is -0.494 e.